The predicted molar refractivity (Wildman–Crippen MR) is 91.9 cm³/mol. The molecular formula is C18H32N2O. The summed E-state index contributed by atoms with van der Waals surface area (Å²) in [4.78, 5) is 2.41. The summed E-state index contributed by atoms with van der Waals surface area (Å²) in [5, 5.41) is 13.1. The zero-order valence-electron chi connectivity index (χ0n) is 14.1. The Balaban J connectivity index is 2.38. The van der Waals surface area contributed by atoms with Crippen LogP contribution in [-0.2, 0) is 0 Å². The lowest BCUT2D eigenvalue weighted by atomic mass is 9.94. The van der Waals surface area contributed by atoms with E-state index >= 15 is 0 Å². The summed E-state index contributed by atoms with van der Waals surface area (Å²) in [6.45, 7) is 10.9. The van der Waals surface area contributed by atoms with Gasteiger partial charge in [0.1, 0.15) is 0 Å². The molecule has 1 aromatic rings. The Labute approximate surface area is 130 Å². The van der Waals surface area contributed by atoms with Gasteiger partial charge in [0.25, 0.3) is 0 Å². The van der Waals surface area contributed by atoms with Gasteiger partial charge in [-0.15, -0.1) is 0 Å². The Hall–Kier alpha value is -1.06. The number of unbranched alkanes of at least 4 members (excludes halogenated alkanes) is 1. The summed E-state index contributed by atoms with van der Waals surface area (Å²) in [6.07, 6.45) is 3.28. The lowest BCUT2D eigenvalue weighted by Crippen LogP contribution is -2.49. The van der Waals surface area contributed by atoms with Crippen molar-refractivity contribution < 1.29 is 5.11 Å². The molecule has 3 heteroatoms. The summed E-state index contributed by atoms with van der Waals surface area (Å²) >= 11 is 0. The van der Waals surface area contributed by atoms with Crippen LogP contribution in [0.3, 0.4) is 0 Å². The van der Waals surface area contributed by atoms with Crippen molar-refractivity contribution >= 4 is 5.69 Å². The van der Waals surface area contributed by atoms with E-state index in [1.165, 1.54) is 5.69 Å². The van der Waals surface area contributed by atoms with Crippen LogP contribution in [0.1, 0.15) is 47.0 Å². The molecule has 0 aromatic heterocycles. The van der Waals surface area contributed by atoms with Gasteiger partial charge in [-0.25, -0.2) is 0 Å². The van der Waals surface area contributed by atoms with Crippen LogP contribution in [0, 0.1) is 0 Å². The van der Waals surface area contributed by atoms with Gasteiger partial charge in [-0.3, -0.25) is 0 Å². The minimum Gasteiger partial charge on any atom is -0.394 e. The maximum atomic E-state index is 9.59. The van der Waals surface area contributed by atoms with Crippen LogP contribution in [0.2, 0.25) is 0 Å². The van der Waals surface area contributed by atoms with Crippen LogP contribution in [0.4, 0.5) is 5.69 Å². The van der Waals surface area contributed by atoms with Crippen molar-refractivity contribution in [2.75, 3.05) is 24.6 Å². The normalized spacial score (nSPS) is 14.2. The molecule has 3 nitrogen and oxygen atoms in total. The molecule has 0 radical (unpaired) electrons. The lowest BCUT2D eigenvalue weighted by molar-refractivity contribution is 0.154. The average molecular weight is 292 g/mol. The topological polar surface area (TPSA) is 35.5 Å². The Kier molecular flexibility index (Phi) is 7.76. The Morgan fingerprint density at radius 1 is 1.19 bits per heavy atom. The standard InChI is InChI=1S/C18H32N2O/c1-5-20(17-11-7-6-8-12-17)14-10-9-13-18(4,15-21)19-16(2)3/h6-8,11-12,16,19,21H,5,9-10,13-15H2,1-4H3. The molecule has 1 aromatic carbocycles. The smallest absolute Gasteiger partial charge is 0.0610 e. The summed E-state index contributed by atoms with van der Waals surface area (Å²) in [5.41, 5.74) is 1.14. The third-order valence-corrected chi connectivity index (χ3v) is 3.90. The Morgan fingerprint density at radius 2 is 1.86 bits per heavy atom. The van der Waals surface area contributed by atoms with Crippen LogP contribution in [-0.4, -0.2) is 36.4 Å². The highest BCUT2D eigenvalue weighted by Gasteiger charge is 2.23. The number of rotatable bonds is 10. The van der Waals surface area contributed by atoms with Crippen molar-refractivity contribution in [2.45, 2.75) is 58.5 Å². The van der Waals surface area contributed by atoms with Crippen LogP contribution in [0.5, 0.6) is 0 Å². The predicted octanol–water partition coefficient (Wildman–Crippen LogP) is 3.43. The molecule has 1 unspecified atom stereocenters. The first kappa shape index (κ1) is 18.0. The number of nitrogens with one attached hydrogen (secondary N) is 1. The largest absolute Gasteiger partial charge is 0.394 e. The first-order chi connectivity index (χ1) is 10.0. The van der Waals surface area contributed by atoms with E-state index in [1.54, 1.807) is 0 Å². The van der Waals surface area contributed by atoms with Gasteiger partial charge in [0.2, 0.25) is 0 Å². The van der Waals surface area contributed by atoms with Gasteiger partial charge in [-0.1, -0.05) is 32.0 Å². The molecule has 0 aliphatic carbocycles. The summed E-state index contributed by atoms with van der Waals surface area (Å²) in [6, 6.07) is 11.0. The van der Waals surface area contributed by atoms with Crippen molar-refractivity contribution in [3.8, 4) is 0 Å². The molecule has 0 bridgehead atoms. The van der Waals surface area contributed by atoms with E-state index in [-0.39, 0.29) is 12.1 Å². The van der Waals surface area contributed by atoms with Gasteiger partial charge in [0.05, 0.1) is 6.61 Å². The first-order valence-electron chi connectivity index (χ1n) is 8.19. The lowest BCUT2D eigenvalue weighted by Gasteiger charge is -2.31. The van der Waals surface area contributed by atoms with Gasteiger partial charge >= 0.3 is 0 Å². The number of aliphatic hydroxyl groups excluding tert-OH is 1. The van der Waals surface area contributed by atoms with Gasteiger partial charge < -0.3 is 15.3 Å². The molecule has 120 valence electrons. The third kappa shape index (κ3) is 6.49. The summed E-state index contributed by atoms with van der Waals surface area (Å²) in [7, 11) is 0. The highest BCUT2D eigenvalue weighted by atomic mass is 16.3. The van der Waals surface area contributed by atoms with E-state index in [0.717, 1.165) is 32.4 Å². The third-order valence-electron chi connectivity index (χ3n) is 3.90. The zero-order valence-corrected chi connectivity index (χ0v) is 14.1. The van der Waals surface area contributed by atoms with E-state index in [9.17, 15) is 5.11 Å². The van der Waals surface area contributed by atoms with Crippen molar-refractivity contribution in [1.29, 1.82) is 0 Å². The molecule has 21 heavy (non-hydrogen) atoms. The second-order valence-corrected chi connectivity index (χ2v) is 6.39. The van der Waals surface area contributed by atoms with Crippen LogP contribution >= 0.6 is 0 Å². The van der Waals surface area contributed by atoms with Gasteiger partial charge in [-0.05, 0) is 45.2 Å². The minimum atomic E-state index is -0.155. The molecule has 0 spiro atoms. The minimum absolute atomic E-state index is 0.155. The summed E-state index contributed by atoms with van der Waals surface area (Å²) in [5.74, 6) is 0. The molecule has 0 saturated heterocycles. The summed E-state index contributed by atoms with van der Waals surface area (Å²) < 4.78 is 0. The van der Waals surface area contributed by atoms with Gasteiger partial charge in [-0.2, -0.15) is 0 Å². The maximum Gasteiger partial charge on any atom is 0.0610 e. The van der Waals surface area contributed by atoms with Crippen molar-refractivity contribution in [3.63, 3.8) is 0 Å². The molecule has 1 atom stereocenters. The highest BCUT2D eigenvalue weighted by Crippen LogP contribution is 2.17. The zero-order chi connectivity index (χ0) is 15.7. The van der Waals surface area contributed by atoms with E-state index in [2.05, 4.69) is 68.2 Å². The second-order valence-electron chi connectivity index (χ2n) is 6.39. The number of hydrogen-bond donors (Lipinski definition) is 2. The number of nitrogens with zero attached hydrogens (tertiary/aromatic N) is 1. The number of aliphatic hydroxyl groups is 1. The molecule has 0 fully saturated rings. The van der Waals surface area contributed by atoms with Crippen LogP contribution in [0.25, 0.3) is 0 Å². The quantitative estimate of drug-likeness (QED) is 0.649. The molecule has 0 amide bonds. The fraction of sp³-hybridized carbons (Fsp3) is 0.667. The van der Waals surface area contributed by atoms with Crippen molar-refractivity contribution in [3.05, 3.63) is 30.3 Å². The van der Waals surface area contributed by atoms with E-state index < -0.39 is 0 Å². The maximum absolute atomic E-state index is 9.59. The number of anilines is 1. The van der Waals surface area contributed by atoms with E-state index in [0.29, 0.717) is 6.04 Å². The number of para-hydroxylation sites is 1. The fourth-order valence-corrected chi connectivity index (χ4v) is 2.82. The van der Waals surface area contributed by atoms with Crippen LogP contribution < -0.4 is 10.2 Å². The van der Waals surface area contributed by atoms with Crippen molar-refractivity contribution in [1.82, 2.24) is 5.32 Å². The average Bonchev–Trinajstić information content (AvgIpc) is 2.47. The molecule has 0 aliphatic rings. The Bertz CT molecular complexity index is 380. The second kappa shape index (κ2) is 9.06. The van der Waals surface area contributed by atoms with Gasteiger partial charge in [0, 0.05) is 30.4 Å². The molecular weight excluding hydrogens is 260 g/mol. The molecule has 0 heterocycles. The van der Waals surface area contributed by atoms with E-state index in [1.807, 2.05) is 0 Å². The molecule has 2 N–H and O–H groups in total. The van der Waals surface area contributed by atoms with Gasteiger partial charge in [0.15, 0.2) is 0 Å². The first-order valence-corrected chi connectivity index (χ1v) is 8.19. The van der Waals surface area contributed by atoms with E-state index in [4.69, 9.17) is 0 Å². The fourth-order valence-electron chi connectivity index (χ4n) is 2.82. The van der Waals surface area contributed by atoms with Crippen molar-refractivity contribution in [2.24, 2.45) is 0 Å². The number of benzene rings is 1. The molecule has 0 aliphatic heterocycles. The highest BCUT2D eigenvalue weighted by molar-refractivity contribution is 5.45. The molecule has 1 rings (SSSR count). The monoisotopic (exact) mass is 292 g/mol. The number of hydrogen-bond acceptors (Lipinski definition) is 3. The molecule has 0 saturated carbocycles. The van der Waals surface area contributed by atoms with Crippen LogP contribution in [0.15, 0.2) is 30.3 Å². The SMILES string of the molecule is CCN(CCCCC(C)(CO)NC(C)C)c1ccccc1. The Morgan fingerprint density at radius 3 is 2.38 bits per heavy atom.